The maximum atomic E-state index is 9.85. The topological polar surface area (TPSA) is 52.8 Å². The fraction of sp³-hybridized carbons (Fsp3) is 0. The summed E-state index contributed by atoms with van der Waals surface area (Å²) in [4.78, 5) is 4.14. The lowest BCUT2D eigenvalue weighted by Crippen LogP contribution is -1.84. The Kier molecular flexibility index (Phi) is 4.04. The van der Waals surface area contributed by atoms with Gasteiger partial charge in [0.25, 0.3) is 0 Å². The van der Waals surface area contributed by atoms with Crippen LogP contribution in [0.15, 0.2) is 50.3 Å². The number of aliphatic imine (C=N–C) groups is 1. The average Bonchev–Trinajstić information content (AvgIpc) is 2.33. The molecular formula is C13H9Br2NO2. The molecule has 3 nitrogen and oxygen atoms in total. The summed E-state index contributed by atoms with van der Waals surface area (Å²) in [5, 5.41) is 19.4. The summed E-state index contributed by atoms with van der Waals surface area (Å²) in [6.07, 6.45) is 1.50. The quantitative estimate of drug-likeness (QED) is 0.771. The molecule has 0 spiro atoms. The highest BCUT2D eigenvalue weighted by Gasteiger charge is 2.05. The third-order valence-corrected chi connectivity index (χ3v) is 3.34. The van der Waals surface area contributed by atoms with Crippen LogP contribution in [0.2, 0.25) is 0 Å². The van der Waals surface area contributed by atoms with Crippen LogP contribution < -0.4 is 0 Å². The predicted octanol–water partition coefficient (Wildman–Crippen LogP) is 4.37. The van der Waals surface area contributed by atoms with E-state index in [0.29, 0.717) is 15.7 Å². The molecular weight excluding hydrogens is 362 g/mol. The lowest BCUT2D eigenvalue weighted by atomic mass is 10.2. The van der Waals surface area contributed by atoms with Gasteiger partial charge in [0, 0.05) is 16.3 Å². The van der Waals surface area contributed by atoms with E-state index in [0.717, 1.165) is 4.47 Å². The number of phenolic OH excluding ortho intramolecular Hbond substituents is 2. The van der Waals surface area contributed by atoms with Crippen molar-refractivity contribution in [2.24, 2.45) is 4.99 Å². The SMILES string of the molecule is Oc1ccccc1N=Cc1cc(Br)cc(Br)c1O. The highest BCUT2D eigenvalue weighted by atomic mass is 79.9. The Bertz CT molecular complexity index is 612. The molecule has 2 aromatic carbocycles. The summed E-state index contributed by atoms with van der Waals surface area (Å²) < 4.78 is 1.40. The largest absolute Gasteiger partial charge is 0.506 e. The summed E-state index contributed by atoms with van der Waals surface area (Å²) in [5.41, 5.74) is 1.01. The van der Waals surface area contributed by atoms with Crippen LogP contribution in [-0.4, -0.2) is 16.4 Å². The van der Waals surface area contributed by atoms with Crippen molar-refractivity contribution in [2.75, 3.05) is 0 Å². The minimum absolute atomic E-state index is 0.0994. The molecule has 0 radical (unpaired) electrons. The van der Waals surface area contributed by atoms with Gasteiger partial charge in [-0.05, 0) is 40.2 Å². The number of benzene rings is 2. The van der Waals surface area contributed by atoms with Crippen molar-refractivity contribution in [2.45, 2.75) is 0 Å². The van der Waals surface area contributed by atoms with Crippen molar-refractivity contribution in [3.05, 3.63) is 50.9 Å². The standard InChI is InChI=1S/C13H9Br2NO2/c14-9-5-8(13(18)10(15)6-9)7-16-11-3-1-2-4-12(11)17/h1-7,17-18H. The molecule has 0 unspecified atom stereocenters. The van der Waals surface area contributed by atoms with Crippen LogP contribution in [-0.2, 0) is 0 Å². The highest BCUT2D eigenvalue weighted by molar-refractivity contribution is 9.11. The second-order valence-corrected chi connectivity index (χ2v) is 5.34. The van der Waals surface area contributed by atoms with Gasteiger partial charge in [-0.1, -0.05) is 28.1 Å². The summed E-state index contributed by atoms with van der Waals surface area (Å²) in [6.45, 7) is 0. The van der Waals surface area contributed by atoms with E-state index in [4.69, 9.17) is 0 Å². The van der Waals surface area contributed by atoms with Crippen molar-refractivity contribution < 1.29 is 10.2 Å². The predicted molar refractivity (Wildman–Crippen MR) is 78.9 cm³/mol. The van der Waals surface area contributed by atoms with Crippen LogP contribution in [0.5, 0.6) is 11.5 Å². The molecule has 0 atom stereocenters. The number of nitrogens with zero attached hydrogens (tertiary/aromatic N) is 1. The number of para-hydroxylation sites is 2. The van der Waals surface area contributed by atoms with Gasteiger partial charge in [0.05, 0.1) is 4.47 Å². The molecule has 92 valence electrons. The Balaban J connectivity index is 2.38. The minimum atomic E-state index is 0.0994. The fourth-order valence-corrected chi connectivity index (χ4v) is 2.65. The van der Waals surface area contributed by atoms with Crippen molar-refractivity contribution in [1.29, 1.82) is 0 Å². The lowest BCUT2D eigenvalue weighted by molar-refractivity contribution is 0.470. The van der Waals surface area contributed by atoms with E-state index in [1.807, 2.05) is 0 Å². The maximum absolute atomic E-state index is 9.85. The van der Waals surface area contributed by atoms with E-state index >= 15 is 0 Å². The van der Waals surface area contributed by atoms with Crippen LogP contribution in [0, 0.1) is 0 Å². The summed E-state index contributed by atoms with van der Waals surface area (Å²) in [7, 11) is 0. The third-order valence-electron chi connectivity index (χ3n) is 2.28. The Morgan fingerprint density at radius 1 is 1.06 bits per heavy atom. The molecule has 0 aliphatic rings. The van der Waals surface area contributed by atoms with E-state index in [2.05, 4.69) is 36.9 Å². The second-order valence-electron chi connectivity index (χ2n) is 3.57. The average molecular weight is 371 g/mol. The van der Waals surface area contributed by atoms with Gasteiger partial charge in [0.15, 0.2) is 0 Å². The summed E-state index contributed by atoms with van der Waals surface area (Å²) in [5.74, 6) is 0.208. The van der Waals surface area contributed by atoms with E-state index < -0.39 is 0 Å². The molecule has 0 bridgehead atoms. The molecule has 0 aliphatic carbocycles. The molecule has 2 N–H and O–H groups in total. The Morgan fingerprint density at radius 2 is 1.78 bits per heavy atom. The second kappa shape index (κ2) is 5.54. The summed E-state index contributed by atoms with van der Waals surface area (Å²) >= 11 is 6.58. The molecule has 0 saturated carbocycles. The molecule has 0 aromatic heterocycles. The van der Waals surface area contributed by atoms with E-state index in [1.165, 1.54) is 6.21 Å². The Morgan fingerprint density at radius 3 is 2.50 bits per heavy atom. The van der Waals surface area contributed by atoms with Crippen LogP contribution >= 0.6 is 31.9 Å². The van der Waals surface area contributed by atoms with Gasteiger partial charge < -0.3 is 10.2 Å². The van der Waals surface area contributed by atoms with Crippen molar-refractivity contribution in [3.63, 3.8) is 0 Å². The smallest absolute Gasteiger partial charge is 0.141 e. The lowest BCUT2D eigenvalue weighted by Gasteiger charge is -2.03. The molecule has 0 heterocycles. The molecule has 0 saturated heterocycles. The molecule has 2 aromatic rings. The van der Waals surface area contributed by atoms with Crippen LogP contribution in [0.1, 0.15) is 5.56 Å². The minimum Gasteiger partial charge on any atom is -0.506 e. The summed E-state index contributed by atoms with van der Waals surface area (Å²) in [6, 6.07) is 10.2. The first-order valence-electron chi connectivity index (χ1n) is 5.08. The van der Waals surface area contributed by atoms with Gasteiger partial charge in [-0.15, -0.1) is 0 Å². The van der Waals surface area contributed by atoms with Gasteiger partial charge in [-0.25, -0.2) is 0 Å². The first kappa shape index (κ1) is 13.1. The van der Waals surface area contributed by atoms with Crippen molar-refractivity contribution >= 4 is 43.8 Å². The van der Waals surface area contributed by atoms with Crippen molar-refractivity contribution in [3.8, 4) is 11.5 Å². The number of rotatable bonds is 2. The zero-order chi connectivity index (χ0) is 13.1. The molecule has 5 heteroatoms. The third kappa shape index (κ3) is 2.91. The van der Waals surface area contributed by atoms with E-state index in [1.54, 1.807) is 36.4 Å². The van der Waals surface area contributed by atoms with E-state index in [9.17, 15) is 10.2 Å². The van der Waals surface area contributed by atoms with Gasteiger partial charge in [-0.3, -0.25) is 4.99 Å². The number of hydrogen-bond donors (Lipinski definition) is 2. The van der Waals surface area contributed by atoms with Crippen molar-refractivity contribution in [1.82, 2.24) is 0 Å². The fourth-order valence-electron chi connectivity index (χ4n) is 1.40. The number of hydrogen-bond acceptors (Lipinski definition) is 3. The number of phenols is 2. The van der Waals surface area contributed by atoms with Crippen LogP contribution in [0.25, 0.3) is 0 Å². The van der Waals surface area contributed by atoms with Gasteiger partial charge in [-0.2, -0.15) is 0 Å². The maximum Gasteiger partial charge on any atom is 0.141 e. The van der Waals surface area contributed by atoms with E-state index in [-0.39, 0.29) is 11.5 Å². The molecule has 0 aliphatic heterocycles. The number of halogens is 2. The Hall–Kier alpha value is -1.33. The zero-order valence-corrected chi connectivity index (χ0v) is 12.3. The van der Waals surface area contributed by atoms with Gasteiger partial charge in [0.2, 0.25) is 0 Å². The zero-order valence-electron chi connectivity index (χ0n) is 9.14. The normalized spacial score (nSPS) is 11.0. The molecule has 0 amide bonds. The molecule has 18 heavy (non-hydrogen) atoms. The van der Waals surface area contributed by atoms with Gasteiger partial charge in [0.1, 0.15) is 17.2 Å². The van der Waals surface area contributed by atoms with Crippen LogP contribution in [0.4, 0.5) is 5.69 Å². The highest BCUT2D eigenvalue weighted by Crippen LogP contribution is 2.31. The monoisotopic (exact) mass is 369 g/mol. The first-order valence-corrected chi connectivity index (χ1v) is 6.66. The Labute approximate surface area is 121 Å². The van der Waals surface area contributed by atoms with Gasteiger partial charge >= 0.3 is 0 Å². The first-order chi connectivity index (χ1) is 8.58. The molecule has 0 fully saturated rings. The van der Waals surface area contributed by atoms with Crippen LogP contribution in [0.3, 0.4) is 0 Å². The number of aromatic hydroxyl groups is 2. The molecule has 2 rings (SSSR count).